The van der Waals surface area contributed by atoms with Gasteiger partial charge in [0.25, 0.3) is 0 Å². The van der Waals surface area contributed by atoms with Crippen molar-refractivity contribution in [2.24, 2.45) is 7.05 Å². The maximum Gasteiger partial charge on any atom is 0.345 e. The van der Waals surface area contributed by atoms with E-state index in [4.69, 9.17) is 5.11 Å². The van der Waals surface area contributed by atoms with Gasteiger partial charge in [-0.3, -0.25) is 0 Å². The summed E-state index contributed by atoms with van der Waals surface area (Å²) in [5, 5.41) is 11.1. The molecule has 2 heterocycles. The molecule has 0 fully saturated rings. The van der Waals surface area contributed by atoms with Crippen LogP contribution in [0.4, 0.5) is 0 Å². The lowest BCUT2D eigenvalue weighted by Crippen LogP contribution is -1.90. The number of carbonyl (C=O) groups is 1. The number of hydrogen-bond donors (Lipinski definition) is 1. The molecule has 1 aromatic carbocycles. The smallest absolute Gasteiger partial charge is 0.345 e. The Morgan fingerprint density at radius 2 is 2.12 bits per heavy atom. The summed E-state index contributed by atoms with van der Waals surface area (Å²) in [7, 11) is 1.96. The van der Waals surface area contributed by atoms with Crippen LogP contribution in [-0.4, -0.2) is 15.6 Å². The second-order valence-electron chi connectivity index (χ2n) is 3.86. The summed E-state index contributed by atoms with van der Waals surface area (Å²) in [5.74, 6) is -0.866. The predicted molar refractivity (Wildman–Crippen MR) is 73.0 cm³/mol. The third kappa shape index (κ3) is 1.50. The van der Waals surface area contributed by atoms with E-state index in [1.54, 1.807) is 6.07 Å². The van der Waals surface area contributed by atoms with Crippen molar-refractivity contribution >= 4 is 54.4 Å². The van der Waals surface area contributed by atoms with E-state index in [9.17, 15) is 4.79 Å². The Kier molecular flexibility index (Phi) is 2.27. The monoisotopic (exact) mass is 309 g/mol. The van der Waals surface area contributed by atoms with Gasteiger partial charge in [0, 0.05) is 27.8 Å². The quantitative estimate of drug-likeness (QED) is 0.742. The molecule has 0 saturated carbocycles. The second-order valence-corrected chi connectivity index (χ2v) is 5.80. The number of benzene rings is 1. The average molecular weight is 310 g/mol. The molecule has 0 aliphatic rings. The first-order valence-electron chi connectivity index (χ1n) is 4.98. The molecule has 0 saturated heterocycles. The van der Waals surface area contributed by atoms with E-state index in [1.807, 2.05) is 29.8 Å². The van der Waals surface area contributed by atoms with Crippen molar-refractivity contribution in [1.29, 1.82) is 0 Å². The van der Waals surface area contributed by atoms with Crippen LogP contribution in [0.15, 0.2) is 28.7 Å². The fraction of sp³-hybridized carbons (Fsp3) is 0.0833. The first-order chi connectivity index (χ1) is 8.08. The summed E-state index contributed by atoms with van der Waals surface area (Å²) >= 11 is 4.75. The van der Waals surface area contributed by atoms with Gasteiger partial charge in [0.2, 0.25) is 0 Å². The standard InChI is InChI=1S/C12H8BrNO2S/c1-14-9-3-2-6(13)4-7(9)8-5-10(12(15)16)17-11(8)14/h2-5H,1H3,(H,15,16). The highest BCUT2D eigenvalue weighted by molar-refractivity contribution is 9.10. The Labute approximate surface area is 109 Å². The van der Waals surface area contributed by atoms with Gasteiger partial charge in [0.15, 0.2) is 0 Å². The number of halogens is 1. The molecule has 1 N–H and O–H groups in total. The SMILES string of the molecule is Cn1c2ccc(Br)cc2c2cc(C(=O)O)sc21. The molecule has 3 rings (SSSR count). The topological polar surface area (TPSA) is 42.2 Å². The second kappa shape index (κ2) is 3.58. The fourth-order valence-electron chi connectivity index (χ4n) is 2.05. The van der Waals surface area contributed by atoms with Crippen LogP contribution < -0.4 is 0 Å². The zero-order valence-corrected chi connectivity index (χ0v) is 11.3. The first-order valence-corrected chi connectivity index (χ1v) is 6.59. The highest BCUT2D eigenvalue weighted by atomic mass is 79.9. The number of thiophene rings is 1. The minimum atomic E-state index is -0.866. The van der Waals surface area contributed by atoms with Crippen LogP contribution in [0.2, 0.25) is 0 Å². The number of aryl methyl sites for hydroxylation is 1. The van der Waals surface area contributed by atoms with Crippen LogP contribution in [-0.2, 0) is 7.05 Å². The minimum Gasteiger partial charge on any atom is -0.477 e. The van der Waals surface area contributed by atoms with Crippen LogP contribution in [0.1, 0.15) is 9.67 Å². The number of carboxylic acids is 1. The molecule has 0 atom stereocenters. The third-order valence-electron chi connectivity index (χ3n) is 2.84. The molecular weight excluding hydrogens is 302 g/mol. The lowest BCUT2D eigenvalue weighted by atomic mass is 10.2. The molecule has 0 spiro atoms. The zero-order valence-electron chi connectivity index (χ0n) is 8.90. The molecule has 17 heavy (non-hydrogen) atoms. The van der Waals surface area contributed by atoms with E-state index >= 15 is 0 Å². The van der Waals surface area contributed by atoms with Gasteiger partial charge in [-0.25, -0.2) is 4.79 Å². The highest BCUT2D eigenvalue weighted by Crippen LogP contribution is 2.35. The van der Waals surface area contributed by atoms with E-state index in [0.29, 0.717) is 4.88 Å². The number of fused-ring (bicyclic) bond motifs is 3. The van der Waals surface area contributed by atoms with Gasteiger partial charge in [0.1, 0.15) is 9.71 Å². The van der Waals surface area contributed by atoms with Gasteiger partial charge >= 0.3 is 5.97 Å². The van der Waals surface area contributed by atoms with Crippen molar-refractivity contribution in [1.82, 2.24) is 4.57 Å². The Hall–Kier alpha value is -1.33. The molecule has 3 nitrogen and oxygen atoms in total. The lowest BCUT2D eigenvalue weighted by Gasteiger charge is -1.97. The molecule has 0 aliphatic heterocycles. The molecule has 2 aromatic heterocycles. The normalized spacial score (nSPS) is 11.4. The summed E-state index contributed by atoms with van der Waals surface area (Å²) in [6.45, 7) is 0. The summed E-state index contributed by atoms with van der Waals surface area (Å²) in [5.41, 5.74) is 1.12. The number of rotatable bonds is 1. The molecule has 3 aromatic rings. The highest BCUT2D eigenvalue weighted by Gasteiger charge is 2.15. The number of carboxylic acid groups (broad SMARTS) is 1. The van der Waals surface area contributed by atoms with Gasteiger partial charge in [-0.05, 0) is 24.3 Å². The van der Waals surface area contributed by atoms with Crippen molar-refractivity contribution in [2.45, 2.75) is 0 Å². The summed E-state index contributed by atoms with van der Waals surface area (Å²) in [4.78, 5) is 12.4. The molecular formula is C12H8BrNO2S. The van der Waals surface area contributed by atoms with E-state index in [-0.39, 0.29) is 0 Å². The average Bonchev–Trinajstić information content (AvgIpc) is 2.80. The molecule has 0 bridgehead atoms. The maximum absolute atomic E-state index is 11.0. The summed E-state index contributed by atoms with van der Waals surface area (Å²) in [6, 6.07) is 7.80. The fourth-order valence-corrected chi connectivity index (χ4v) is 3.40. The first kappa shape index (κ1) is 10.8. The number of hydrogen-bond acceptors (Lipinski definition) is 2. The van der Waals surface area contributed by atoms with Crippen molar-refractivity contribution in [3.63, 3.8) is 0 Å². The Morgan fingerprint density at radius 3 is 2.82 bits per heavy atom. The molecule has 0 unspecified atom stereocenters. The van der Waals surface area contributed by atoms with E-state index < -0.39 is 5.97 Å². The van der Waals surface area contributed by atoms with Crippen LogP contribution >= 0.6 is 27.3 Å². The number of aromatic carboxylic acids is 1. The van der Waals surface area contributed by atoms with Crippen LogP contribution in [0.5, 0.6) is 0 Å². The summed E-state index contributed by atoms with van der Waals surface area (Å²) < 4.78 is 3.04. The molecule has 86 valence electrons. The van der Waals surface area contributed by atoms with Gasteiger partial charge < -0.3 is 9.67 Å². The van der Waals surface area contributed by atoms with Crippen LogP contribution in [0, 0.1) is 0 Å². The van der Waals surface area contributed by atoms with Crippen molar-refractivity contribution in [3.8, 4) is 0 Å². The summed E-state index contributed by atoms with van der Waals surface area (Å²) in [6.07, 6.45) is 0. The lowest BCUT2D eigenvalue weighted by molar-refractivity contribution is 0.0702. The predicted octanol–water partition coefficient (Wildman–Crippen LogP) is 3.85. The van der Waals surface area contributed by atoms with Gasteiger partial charge in [-0.2, -0.15) is 0 Å². The Morgan fingerprint density at radius 1 is 1.35 bits per heavy atom. The zero-order chi connectivity index (χ0) is 12.2. The van der Waals surface area contributed by atoms with Crippen LogP contribution in [0.25, 0.3) is 21.1 Å². The number of nitrogens with zero attached hydrogens (tertiary/aromatic N) is 1. The number of aromatic nitrogens is 1. The Bertz CT molecular complexity index is 757. The van der Waals surface area contributed by atoms with Gasteiger partial charge in [-0.15, -0.1) is 11.3 Å². The van der Waals surface area contributed by atoms with Gasteiger partial charge in [-0.1, -0.05) is 15.9 Å². The van der Waals surface area contributed by atoms with Crippen molar-refractivity contribution < 1.29 is 9.90 Å². The van der Waals surface area contributed by atoms with Crippen molar-refractivity contribution in [2.75, 3.05) is 0 Å². The largest absolute Gasteiger partial charge is 0.477 e. The molecule has 5 heteroatoms. The molecule has 0 aliphatic carbocycles. The third-order valence-corrected chi connectivity index (χ3v) is 4.53. The Balaban J connectivity index is 2.48. The maximum atomic E-state index is 11.0. The molecule has 0 amide bonds. The van der Waals surface area contributed by atoms with E-state index in [2.05, 4.69) is 15.9 Å². The van der Waals surface area contributed by atoms with Gasteiger partial charge in [0.05, 0.1) is 0 Å². The molecule has 0 radical (unpaired) electrons. The van der Waals surface area contributed by atoms with Crippen molar-refractivity contribution in [3.05, 3.63) is 33.6 Å². The minimum absolute atomic E-state index is 0.382. The van der Waals surface area contributed by atoms with E-state index in [1.165, 1.54) is 11.3 Å². The van der Waals surface area contributed by atoms with Crippen LogP contribution in [0.3, 0.4) is 0 Å². The van der Waals surface area contributed by atoms with E-state index in [0.717, 1.165) is 25.6 Å².